The Kier molecular flexibility index (Phi) is 5.59. The number of Topliss-reactive ketones (excluding diaryl/α,β-unsaturated/α-hetero) is 1. The summed E-state index contributed by atoms with van der Waals surface area (Å²) in [5, 5.41) is 0. The summed E-state index contributed by atoms with van der Waals surface area (Å²) >= 11 is 0. The molecule has 1 aromatic heterocycles. The number of likely N-dealkylation sites (tertiary alicyclic amines) is 1. The van der Waals surface area contributed by atoms with Crippen molar-refractivity contribution in [3.63, 3.8) is 0 Å². The SMILES string of the molecule is Cc1cc(C(=O)CN2CCC(C(N)=O)CC2)c(C)n1CC1CCCO1. The number of ether oxygens (including phenoxy) is 1. The minimum atomic E-state index is -0.219. The molecule has 0 spiro atoms. The van der Waals surface area contributed by atoms with Crippen LogP contribution in [-0.2, 0) is 16.1 Å². The summed E-state index contributed by atoms with van der Waals surface area (Å²) < 4.78 is 7.95. The van der Waals surface area contributed by atoms with E-state index in [9.17, 15) is 9.59 Å². The van der Waals surface area contributed by atoms with Crippen molar-refractivity contribution in [2.75, 3.05) is 26.2 Å². The Bertz CT molecular complexity index is 639. The molecule has 0 aromatic carbocycles. The highest BCUT2D eigenvalue weighted by molar-refractivity contribution is 5.99. The Labute approximate surface area is 149 Å². The van der Waals surface area contributed by atoms with E-state index in [1.165, 1.54) is 0 Å². The van der Waals surface area contributed by atoms with E-state index in [0.29, 0.717) is 6.54 Å². The number of primary amides is 1. The molecule has 3 heterocycles. The number of ketones is 1. The fraction of sp³-hybridized carbons (Fsp3) is 0.684. The molecule has 2 aliphatic rings. The van der Waals surface area contributed by atoms with E-state index in [0.717, 1.165) is 68.9 Å². The van der Waals surface area contributed by atoms with Gasteiger partial charge in [-0.2, -0.15) is 0 Å². The third-order valence-electron chi connectivity index (χ3n) is 5.64. The van der Waals surface area contributed by atoms with Crippen molar-refractivity contribution < 1.29 is 14.3 Å². The second kappa shape index (κ2) is 7.70. The topological polar surface area (TPSA) is 77.6 Å². The van der Waals surface area contributed by atoms with Crippen molar-refractivity contribution in [2.45, 2.75) is 52.2 Å². The van der Waals surface area contributed by atoms with Gasteiger partial charge in [-0.25, -0.2) is 0 Å². The standard InChI is InChI=1S/C19H29N3O3/c1-13-10-17(14(2)22(13)11-16-4-3-9-25-16)18(23)12-21-7-5-15(6-8-21)19(20)24/h10,15-16H,3-9,11-12H2,1-2H3,(H2,20,24). The van der Waals surface area contributed by atoms with Gasteiger partial charge in [-0.15, -0.1) is 0 Å². The van der Waals surface area contributed by atoms with Crippen LogP contribution in [0, 0.1) is 19.8 Å². The van der Waals surface area contributed by atoms with Crippen molar-refractivity contribution in [2.24, 2.45) is 11.7 Å². The number of nitrogens with two attached hydrogens (primary N) is 1. The Morgan fingerprint density at radius 3 is 2.56 bits per heavy atom. The fourth-order valence-electron chi connectivity index (χ4n) is 4.02. The van der Waals surface area contributed by atoms with Gasteiger partial charge < -0.3 is 15.0 Å². The minimum Gasteiger partial charge on any atom is -0.376 e. The first-order valence-electron chi connectivity index (χ1n) is 9.29. The molecular weight excluding hydrogens is 318 g/mol. The van der Waals surface area contributed by atoms with Gasteiger partial charge in [0.05, 0.1) is 12.6 Å². The summed E-state index contributed by atoms with van der Waals surface area (Å²) in [5.74, 6) is -0.101. The number of amides is 1. The molecule has 0 bridgehead atoms. The lowest BCUT2D eigenvalue weighted by atomic mass is 9.96. The lowest BCUT2D eigenvalue weighted by Gasteiger charge is -2.29. The van der Waals surface area contributed by atoms with Gasteiger partial charge in [0.25, 0.3) is 0 Å². The Balaban J connectivity index is 1.61. The largest absolute Gasteiger partial charge is 0.376 e. The van der Waals surface area contributed by atoms with Crippen LogP contribution in [0.25, 0.3) is 0 Å². The van der Waals surface area contributed by atoms with Gasteiger partial charge in [0.1, 0.15) is 0 Å². The molecular formula is C19H29N3O3. The van der Waals surface area contributed by atoms with Gasteiger partial charge in [0.2, 0.25) is 5.91 Å². The Morgan fingerprint density at radius 2 is 1.96 bits per heavy atom. The van der Waals surface area contributed by atoms with E-state index in [-0.39, 0.29) is 23.7 Å². The predicted octanol–water partition coefficient (Wildman–Crippen LogP) is 1.66. The van der Waals surface area contributed by atoms with Crippen LogP contribution in [0.1, 0.15) is 47.4 Å². The second-order valence-electron chi connectivity index (χ2n) is 7.41. The van der Waals surface area contributed by atoms with E-state index < -0.39 is 0 Å². The molecule has 138 valence electrons. The van der Waals surface area contributed by atoms with Crippen molar-refractivity contribution in [1.29, 1.82) is 0 Å². The van der Waals surface area contributed by atoms with Crippen LogP contribution < -0.4 is 5.73 Å². The lowest BCUT2D eigenvalue weighted by Crippen LogP contribution is -2.40. The summed E-state index contributed by atoms with van der Waals surface area (Å²) in [6.07, 6.45) is 3.98. The monoisotopic (exact) mass is 347 g/mol. The quantitative estimate of drug-likeness (QED) is 0.794. The average molecular weight is 347 g/mol. The van der Waals surface area contributed by atoms with Crippen LogP contribution in [0.2, 0.25) is 0 Å². The highest BCUT2D eigenvalue weighted by Gasteiger charge is 2.26. The molecule has 2 saturated heterocycles. The first-order chi connectivity index (χ1) is 12.0. The number of aromatic nitrogens is 1. The lowest BCUT2D eigenvalue weighted by molar-refractivity contribution is -0.123. The van der Waals surface area contributed by atoms with Crippen LogP contribution in [-0.4, -0.2) is 53.5 Å². The summed E-state index contributed by atoms with van der Waals surface area (Å²) in [6.45, 7) is 7.68. The normalized spacial score (nSPS) is 22.4. The van der Waals surface area contributed by atoms with Gasteiger partial charge >= 0.3 is 0 Å². The number of nitrogens with zero attached hydrogens (tertiary/aromatic N) is 2. The molecule has 2 aliphatic heterocycles. The molecule has 6 heteroatoms. The molecule has 1 amide bonds. The number of carbonyl (C=O) groups excluding carboxylic acids is 2. The maximum Gasteiger partial charge on any atom is 0.220 e. The first kappa shape index (κ1) is 18.1. The van der Waals surface area contributed by atoms with Crippen LogP contribution in [0.3, 0.4) is 0 Å². The molecule has 3 rings (SSSR count). The third kappa shape index (κ3) is 4.12. The highest BCUT2D eigenvalue weighted by Crippen LogP contribution is 2.22. The van der Waals surface area contributed by atoms with Crippen molar-refractivity contribution in [3.05, 3.63) is 23.0 Å². The Morgan fingerprint density at radius 1 is 1.24 bits per heavy atom. The third-order valence-corrected chi connectivity index (χ3v) is 5.64. The van der Waals surface area contributed by atoms with Crippen molar-refractivity contribution in [1.82, 2.24) is 9.47 Å². The smallest absolute Gasteiger partial charge is 0.220 e. The van der Waals surface area contributed by atoms with Crippen LogP contribution >= 0.6 is 0 Å². The van der Waals surface area contributed by atoms with Crippen LogP contribution in [0.5, 0.6) is 0 Å². The van der Waals surface area contributed by atoms with Gasteiger partial charge in [0, 0.05) is 36.0 Å². The van der Waals surface area contributed by atoms with Gasteiger partial charge in [-0.1, -0.05) is 0 Å². The molecule has 0 radical (unpaired) electrons. The number of piperidine rings is 1. The summed E-state index contributed by atoms with van der Waals surface area (Å²) in [6, 6.07) is 2.00. The zero-order valence-corrected chi connectivity index (χ0v) is 15.3. The van der Waals surface area contributed by atoms with Crippen molar-refractivity contribution >= 4 is 11.7 Å². The molecule has 2 fully saturated rings. The number of rotatable bonds is 6. The zero-order valence-electron chi connectivity index (χ0n) is 15.3. The molecule has 1 atom stereocenters. The van der Waals surface area contributed by atoms with Crippen molar-refractivity contribution in [3.8, 4) is 0 Å². The molecule has 25 heavy (non-hydrogen) atoms. The number of carbonyl (C=O) groups is 2. The van der Waals surface area contributed by atoms with Crippen LogP contribution in [0.4, 0.5) is 0 Å². The van der Waals surface area contributed by atoms with E-state index in [1.54, 1.807) is 0 Å². The first-order valence-corrected chi connectivity index (χ1v) is 9.29. The van der Waals surface area contributed by atoms with E-state index in [4.69, 9.17) is 10.5 Å². The number of hydrogen-bond acceptors (Lipinski definition) is 4. The van der Waals surface area contributed by atoms with Gasteiger partial charge in [-0.3, -0.25) is 14.5 Å². The molecule has 0 aliphatic carbocycles. The minimum absolute atomic E-state index is 0.0390. The highest BCUT2D eigenvalue weighted by atomic mass is 16.5. The Hall–Kier alpha value is -1.66. The molecule has 6 nitrogen and oxygen atoms in total. The molecule has 2 N–H and O–H groups in total. The molecule has 0 saturated carbocycles. The second-order valence-corrected chi connectivity index (χ2v) is 7.41. The molecule has 1 aromatic rings. The van der Waals surface area contributed by atoms with Gasteiger partial charge in [-0.05, 0) is 58.7 Å². The fourth-order valence-corrected chi connectivity index (χ4v) is 4.02. The summed E-state index contributed by atoms with van der Waals surface area (Å²) in [7, 11) is 0. The van der Waals surface area contributed by atoms with Gasteiger partial charge in [0.15, 0.2) is 5.78 Å². The van der Waals surface area contributed by atoms with Crippen LogP contribution in [0.15, 0.2) is 6.07 Å². The van der Waals surface area contributed by atoms with E-state index in [1.807, 2.05) is 13.0 Å². The number of aryl methyl sites for hydroxylation is 1. The molecule has 1 unspecified atom stereocenters. The van der Waals surface area contributed by atoms with E-state index in [2.05, 4.69) is 16.4 Å². The maximum absolute atomic E-state index is 12.8. The summed E-state index contributed by atoms with van der Waals surface area (Å²) in [5.41, 5.74) is 8.33. The summed E-state index contributed by atoms with van der Waals surface area (Å²) in [4.78, 5) is 26.2. The van der Waals surface area contributed by atoms with E-state index >= 15 is 0 Å². The number of hydrogen-bond donors (Lipinski definition) is 1. The zero-order chi connectivity index (χ0) is 18.0. The predicted molar refractivity (Wildman–Crippen MR) is 95.6 cm³/mol. The maximum atomic E-state index is 12.8. The average Bonchev–Trinajstić information content (AvgIpc) is 3.19.